The average Bonchev–Trinajstić information content (AvgIpc) is 2.95. The third-order valence-electron chi connectivity index (χ3n) is 5.70. The zero-order chi connectivity index (χ0) is 26.2. The van der Waals surface area contributed by atoms with E-state index in [4.69, 9.17) is 23.7 Å². The molecule has 3 aromatic carbocycles. The molecule has 0 saturated carbocycles. The molecule has 0 amide bonds. The summed E-state index contributed by atoms with van der Waals surface area (Å²) in [5.41, 5.74) is 0.658. The van der Waals surface area contributed by atoms with Crippen LogP contribution in [0.15, 0.2) is 91.0 Å². The van der Waals surface area contributed by atoms with Crippen LogP contribution in [-0.2, 0) is 23.7 Å². The Kier molecular flexibility index (Phi) is 8.60. The molecule has 1 saturated heterocycles. The Morgan fingerprint density at radius 2 is 1.14 bits per heavy atom. The molecule has 0 radical (unpaired) electrons. The molecule has 3 aromatic rings. The van der Waals surface area contributed by atoms with E-state index in [1.807, 2.05) is 0 Å². The van der Waals surface area contributed by atoms with E-state index in [0.717, 1.165) is 0 Å². The third-order valence-corrected chi connectivity index (χ3v) is 5.70. The van der Waals surface area contributed by atoms with E-state index in [-0.39, 0.29) is 16.7 Å². The lowest BCUT2D eigenvalue weighted by molar-refractivity contribution is -0.278. The lowest BCUT2D eigenvalue weighted by Gasteiger charge is -2.41. The molecule has 1 aliphatic heterocycles. The molecule has 0 N–H and O–H groups in total. The molecule has 4 rings (SSSR count). The van der Waals surface area contributed by atoms with Gasteiger partial charge in [-0.1, -0.05) is 54.6 Å². The van der Waals surface area contributed by atoms with Gasteiger partial charge in [0.05, 0.1) is 16.7 Å². The van der Waals surface area contributed by atoms with Crippen LogP contribution in [0.3, 0.4) is 0 Å². The fraction of sp³-hybridized carbons (Fsp3) is 0.250. The Hall–Kier alpha value is -4.08. The molecular weight excluding hydrogens is 483 g/mol. The number of esters is 3. The van der Waals surface area contributed by atoms with Gasteiger partial charge in [0.2, 0.25) is 0 Å². The minimum atomic E-state index is -2.01. The van der Waals surface area contributed by atoms with E-state index in [9.17, 15) is 14.4 Å². The van der Waals surface area contributed by atoms with Gasteiger partial charge in [-0.2, -0.15) is 0 Å². The van der Waals surface area contributed by atoms with Crippen LogP contribution in [0.4, 0.5) is 4.39 Å². The predicted octanol–water partition coefficient (Wildman–Crippen LogP) is 4.00. The van der Waals surface area contributed by atoms with Crippen molar-refractivity contribution in [2.45, 2.75) is 30.8 Å². The van der Waals surface area contributed by atoms with Crippen LogP contribution >= 0.6 is 0 Å². The number of benzene rings is 3. The lowest BCUT2D eigenvalue weighted by Crippen LogP contribution is -2.60. The minimum Gasteiger partial charge on any atom is -0.459 e. The predicted molar refractivity (Wildman–Crippen MR) is 129 cm³/mol. The van der Waals surface area contributed by atoms with Gasteiger partial charge in [0.15, 0.2) is 24.7 Å². The third kappa shape index (κ3) is 6.38. The first-order valence-corrected chi connectivity index (χ1v) is 11.5. The maximum absolute atomic E-state index is 15.5. The van der Waals surface area contributed by atoms with E-state index in [2.05, 4.69) is 0 Å². The number of methoxy groups -OCH3 is 1. The SMILES string of the molecule is CO[C@@H]1O[C@H](COC(=O)c2ccccc2)[C@@H](OC(=O)c2ccccc2)[C@H](OC(=O)c2ccccc2)[C@H]1F. The molecule has 0 bridgehead atoms. The number of hydrogen-bond acceptors (Lipinski definition) is 8. The van der Waals surface area contributed by atoms with Gasteiger partial charge in [-0.15, -0.1) is 0 Å². The van der Waals surface area contributed by atoms with Gasteiger partial charge in [0.1, 0.15) is 12.7 Å². The van der Waals surface area contributed by atoms with Crippen molar-refractivity contribution in [3.05, 3.63) is 108 Å². The summed E-state index contributed by atoms with van der Waals surface area (Å²) in [6.45, 7) is -0.424. The summed E-state index contributed by atoms with van der Waals surface area (Å²) in [6, 6.07) is 24.2. The topological polar surface area (TPSA) is 97.4 Å². The highest BCUT2D eigenvalue weighted by atomic mass is 19.1. The number of ether oxygens (including phenoxy) is 5. The first-order valence-electron chi connectivity index (χ1n) is 11.5. The highest BCUT2D eigenvalue weighted by molar-refractivity contribution is 5.90. The van der Waals surface area contributed by atoms with E-state index < -0.39 is 55.3 Å². The Labute approximate surface area is 212 Å². The normalized spacial score (nSPS) is 23.0. The van der Waals surface area contributed by atoms with Gasteiger partial charge in [0.25, 0.3) is 0 Å². The summed E-state index contributed by atoms with van der Waals surface area (Å²) >= 11 is 0. The molecule has 9 heteroatoms. The Morgan fingerprint density at radius 1 is 0.703 bits per heavy atom. The van der Waals surface area contributed by atoms with Crippen molar-refractivity contribution >= 4 is 17.9 Å². The number of carbonyl (C=O) groups excluding carboxylic acids is 3. The highest BCUT2D eigenvalue weighted by Crippen LogP contribution is 2.30. The smallest absolute Gasteiger partial charge is 0.338 e. The largest absolute Gasteiger partial charge is 0.459 e. The van der Waals surface area contributed by atoms with Crippen molar-refractivity contribution in [3.63, 3.8) is 0 Å². The minimum absolute atomic E-state index is 0.176. The number of carbonyl (C=O) groups is 3. The first kappa shape index (κ1) is 26.0. The maximum Gasteiger partial charge on any atom is 0.338 e. The lowest BCUT2D eigenvalue weighted by atomic mass is 9.99. The number of rotatable bonds is 8. The molecule has 1 heterocycles. The average molecular weight is 508 g/mol. The molecule has 5 atom stereocenters. The summed E-state index contributed by atoms with van der Waals surface area (Å²) in [7, 11) is 1.22. The summed E-state index contributed by atoms with van der Waals surface area (Å²) in [4.78, 5) is 38.2. The number of halogens is 1. The molecule has 1 aliphatic rings. The molecule has 192 valence electrons. The molecular formula is C28H25FO8. The summed E-state index contributed by atoms with van der Waals surface area (Å²) in [6.07, 6.45) is -7.75. The zero-order valence-corrected chi connectivity index (χ0v) is 19.9. The Balaban J connectivity index is 1.60. The quantitative estimate of drug-likeness (QED) is 0.333. The molecule has 0 spiro atoms. The van der Waals surface area contributed by atoms with Gasteiger partial charge in [-0.05, 0) is 36.4 Å². The van der Waals surface area contributed by atoms with Gasteiger partial charge in [-0.3, -0.25) is 0 Å². The van der Waals surface area contributed by atoms with Crippen molar-refractivity contribution < 1.29 is 42.5 Å². The van der Waals surface area contributed by atoms with Crippen LogP contribution in [0.5, 0.6) is 0 Å². The van der Waals surface area contributed by atoms with Crippen molar-refractivity contribution in [1.29, 1.82) is 0 Å². The molecule has 37 heavy (non-hydrogen) atoms. The van der Waals surface area contributed by atoms with Crippen molar-refractivity contribution in [2.24, 2.45) is 0 Å². The monoisotopic (exact) mass is 508 g/mol. The van der Waals surface area contributed by atoms with Gasteiger partial charge >= 0.3 is 17.9 Å². The van der Waals surface area contributed by atoms with Crippen LogP contribution in [-0.4, -0.2) is 62.4 Å². The highest BCUT2D eigenvalue weighted by Gasteiger charge is 2.51. The summed E-state index contributed by atoms with van der Waals surface area (Å²) < 4.78 is 42.8. The molecule has 0 aliphatic carbocycles. The van der Waals surface area contributed by atoms with Crippen molar-refractivity contribution in [1.82, 2.24) is 0 Å². The van der Waals surface area contributed by atoms with Crippen LogP contribution < -0.4 is 0 Å². The van der Waals surface area contributed by atoms with Crippen molar-refractivity contribution in [3.8, 4) is 0 Å². The van der Waals surface area contributed by atoms with Crippen LogP contribution in [0.25, 0.3) is 0 Å². The Morgan fingerprint density at radius 3 is 1.59 bits per heavy atom. The Bertz CT molecular complexity index is 1190. The standard InChI is InChI=1S/C28H25FO8/c1-33-28-22(29)24(37-27(32)20-15-9-4-10-16-20)23(36-26(31)19-13-7-3-8-14-19)21(35-28)17-34-25(30)18-11-5-2-6-12-18/h2-16,21-24,28H,17H2,1H3/t21-,22-,23-,24-,28-/m1/s1. The molecule has 1 fully saturated rings. The van der Waals surface area contributed by atoms with Crippen molar-refractivity contribution in [2.75, 3.05) is 13.7 Å². The van der Waals surface area contributed by atoms with Crippen LogP contribution in [0.2, 0.25) is 0 Å². The maximum atomic E-state index is 15.5. The van der Waals surface area contributed by atoms with Gasteiger partial charge < -0.3 is 23.7 Å². The number of hydrogen-bond donors (Lipinski definition) is 0. The summed E-state index contributed by atoms with van der Waals surface area (Å²) in [5, 5.41) is 0. The van der Waals surface area contributed by atoms with E-state index in [1.165, 1.54) is 31.4 Å². The molecule has 0 aromatic heterocycles. The fourth-order valence-electron chi connectivity index (χ4n) is 3.81. The number of alkyl halides is 1. The van der Waals surface area contributed by atoms with Crippen LogP contribution in [0, 0.1) is 0 Å². The second kappa shape index (κ2) is 12.2. The van der Waals surface area contributed by atoms with E-state index in [0.29, 0.717) is 0 Å². The molecule has 8 nitrogen and oxygen atoms in total. The molecule has 0 unspecified atom stereocenters. The second-order valence-corrected chi connectivity index (χ2v) is 8.16. The second-order valence-electron chi connectivity index (χ2n) is 8.16. The van der Waals surface area contributed by atoms with Gasteiger partial charge in [-0.25, -0.2) is 18.8 Å². The summed E-state index contributed by atoms with van der Waals surface area (Å²) in [5.74, 6) is -2.28. The van der Waals surface area contributed by atoms with Crippen LogP contribution in [0.1, 0.15) is 31.1 Å². The fourth-order valence-corrected chi connectivity index (χ4v) is 3.81. The van der Waals surface area contributed by atoms with Gasteiger partial charge in [0, 0.05) is 7.11 Å². The zero-order valence-electron chi connectivity index (χ0n) is 19.9. The first-order chi connectivity index (χ1) is 18.0. The van der Waals surface area contributed by atoms with E-state index in [1.54, 1.807) is 66.7 Å². The van der Waals surface area contributed by atoms with E-state index >= 15 is 4.39 Å².